The average molecular weight is 391 g/mol. The first kappa shape index (κ1) is 18.9. The maximum atomic E-state index is 12.1. The van der Waals surface area contributed by atoms with Crippen LogP contribution in [0.5, 0.6) is 0 Å². The quantitative estimate of drug-likeness (QED) is 0.808. The van der Waals surface area contributed by atoms with E-state index < -0.39 is 0 Å². The number of carbonyl (C=O) groups excluding carboxylic acids is 2. The van der Waals surface area contributed by atoms with Crippen molar-refractivity contribution in [1.82, 2.24) is 10.6 Å². The summed E-state index contributed by atoms with van der Waals surface area (Å²) < 4.78 is 0.864. The summed E-state index contributed by atoms with van der Waals surface area (Å²) in [7, 11) is 1.85. The largest absolute Gasteiger partial charge is 0.354 e. The molecule has 0 radical (unpaired) electrons. The van der Waals surface area contributed by atoms with E-state index in [2.05, 4.69) is 26.6 Å². The van der Waals surface area contributed by atoms with E-state index in [0.29, 0.717) is 13.1 Å². The van der Waals surface area contributed by atoms with Crippen molar-refractivity contribution in [3.63, 3.8) is 0 Å². The highest BCUT2D eigenvalue weighted by Gasteiger charge is 2.35. The Morgan fingerprint density at radius 3 is 2.77 bits per heavy atom. The van der Waals surface area contributed by atoms with E-state index in [1.165, 1.54) is 0 Å². The number of nitrogens with one attached hydrogen (secondary N) is 2. The predicted octanol–water partition coefficient (Wildman–Crippen LogP) is 1.95. The van der Waals surface area contributed by atoms with Crippen LogP contribution in [-0.4, -0.2) is 38.0 Å². The van der Waals surface area contributed by atoms with Crippen molar-refractivity contribution < 1.29 is 9.59 Å². The standard InChI is InChI=1S/C15H20BrN3O2.ClH/c1-10(17-2)8-18-15(21)11-7-14(20)19(9-11)13-6-4-3-5-12(13)16;/h3-6,10-11,17H,7-9H2,1-2H3,(H,18,21);1H. The smallest absolute Gasteiger partial charge is 0.227 e. The van der Waals surface area contributed by atoms with Crippen LogP contribution in [0.3, 0.4) is 0 Å². The minimum absolute atomic E-state index is 0. The number of para-hydroxylation sites is 1. The van der Waals surface area contributed by atoms with Gasteiger partial charge in [0.05, 0.1) is 11.6 Å². The molecule has 1 fully saturated rings. The molecule has 2 atom stereocenters. The van der Waals surface area contributed by atoms with Crippen molar-refractivity contribution in [2.24, 2.45) is 5.92 Å². The zero-order chi connectivity index (χ0) is 15.4. The monoisotopic (exact) mass is 389 g/mol. The van der Waals surface area contributed by atoms with E-state index in [1.54, 1.807) is 4.90 Å². The predicted molar refractivity (Wildman–Crippen MR) is 93.4 cm³/mol. The molecule has 1 saturated heterocycles. The molecule has 0 spiro atoms. The first-order chi connectivity index (χ1) is 10.0. The summed E-state index contributed by atoms with van der Waals surface area (Å²) in [6.07, 6.45) is 0.265. The number of likely N-dealkylation sites (N-methyl/N-ethyl adjacent to an activating group) is 1. The van der Waals surface area contributed by atoms with E-state index in [9.17, 15) is 9.59 Å². The summed E-state index contributed by atoms with van der Waals surface area (Å²) in [5, 5.41) is 5.95. The van der Waals surface area contributed by atoms with Crippen LogP contribution in [0.15, 0.2) is 28.7 Å². The van der Waals surface area contributed by atoms with Gasteiger partial charge >= 0.3 is 0 Å². The maximum Gasteiger partial charge on any atom is 0.227 e. The highest BCUT2D eigenvalue weighted by Crippen LogP contribution is 2.31. The second-order valence-electron chi connectivity index (χ2n) is 5.29. The molecule has 2 unspecified atom stereocenters. The minimum atomic E-state index is -0.284. The van der Waals surface area contributed by atoms with Crippen LogP contribution < -0.4 is 15.5 Å². The number of amides is 2. The van der Waals surface area contributed by atoms with Crippen LogP contribution in [0.25, 0.3) is 0 Å². The Labute approximate surface area is 145 Å². The molecule has 1 aliphatic heterocycles. The fourth-order valence-corrected chi connectivity index (χ4v) is 2.79. The second kappa shape index (κ2) is 8.50. The Morgan fingerprint density at radius 1 is 1.45 bits per heavy atom. The molecule has 0 bridgehead atoms. The van der Waals surface area contributed by atoms with Gasteiger partial charge in [0.25, 0.3) is 0 Å². The summed E-state index contributed by atoms with van der Waals surface area (Å²) >= 11 is 3.45. The van der Waals surface area contributed by atoms with Gasteiger partial charge in [-0.25, -0.2) is 0 Å². The molecule has 22 heavy (non-hydrogen) atoms. The molecule has 7 heteroatoms. The lowest BCUT2D eigenvalue weighted by molar-refractivity contribution is -0.126. The fraction of sp³-hybridized carbons (Fsp3) is 0.467. The molecule has 122 valence electrons. The van der Waals surface area contributed by atoms with Crippen molar-refractivity contribution in [3.8, 4) is 0 Å². The molecule has 5 nitrogen and oxygen atoms in total. The summed E-state index contributed by atoms with van der Waals surface area (Å²) in [6.45, 7) is 2.99. The van der Waals surface area contributed by atoms with Gasteiger partial charge in [-0.2, -0.15) is 0 Å². The summed E-state index contributed by atoms with van der Waals surface area (Å²) in [6, 6.07) is 7.77. The Kier molecular flexibility index (Phi) is 7.32. The molecule has 0 saturated carbocycles. The Balaban J connectivity index is 0.00000242. The van der Waals surface area contributed by atoms with Gasteiger partial charge < -0.3 is 15.5 Å². The summed E-state index contributed by atoms with van der Waals surface area (Å²) in [5.74, 6) is -0.350. The maximum absolute atomic E-state index is 12.1. The van der Waals surface area contributed by atoms with E-state index in [1.807, 2.05) is 38.2 Å². The zero-order valence-electron chi connectivity index (χ0n) is 12.6. The lowest BCUT2D eigenvalue weighted by Crippen LogP contribution is -2.40. The Morgan fingerprint density at radius 2 is 2.14 bits per heavy atom. The average Bonchev–Trinajstić information content (AvgIpc) is 2.86. The molecule has 1 aliphatic rings. The van der Waals surface area contributed by atoms with Crippen molar-refractivity contribution in [1.29, 1.82) is 0 Å². The Bertz CT molecular complexity index is 541. The molecular formula is C15H21BrClN3O2. The summed E-state index contributed by atoms with van der Waals surface area (Å²) in [4.78, 5) is 26.0. The molecule has 0 aliphatic carbocycles. The SMILES string of the molecule is CNC(C)CNC(=O)C1CC(=O)N(c2ccccc2Br)C1.Cl. The van der Waals surface area contributed by atoms with E-state index in [4.69, 9.17) is 0 Å². The van der Waals surface area contributed by atoms with E-state index >= 15 is 0 Å². The topological polar surface area (TPSA) is 61.4 Å². The number of carbonyl (C=O) groups is 2. The van der Waals surface area contributed by atoms with Crippen molar-refractivity contribution in [2.75, 3.05) is 25.0 Å². The molecule has 1 aromatic rings. The molecule has 1 heterocycles. The second-order valence-corrected chi connectivity index (χ2v) is 6.15. The van der Waals surface area contributed by atoms with Gasteiger partial charge in [-0.15, -0.1) is 12.4 Å². The number of halogens is 2. The number of hydrogen-bond donors (Lipinski definition) is 2. The zero-order valence-corrected chi connectivity index (χ0v) is 15.0. The first-order valence-corrected chi connectivity index (χ1v) is 7.82. The van der Waals surface area contributed by atoms with Crippen LogP contribution in [0.4, 0.5) is 5.69 Å². The van der Waals surface area contributed by atoms with Gasteiger partial charge in [-0.3, -0.25) is 9.59 Å². The number of rotatable bonds is 5. The highest BCUT2D eigenvalue weighted by molar-refractivity contribution is 9.10. The molecule has 1 aromatic carbocycles. The minimum Gasteiger partial charge on any atom is -0.354 e. The molecule has 2 amide bonds. The molecular weight excluding hydrogens is 370 g/mol. The normalized spacial score (nSPS) is 18.8. The van der Waals surface area contributed by atoms with Gasteiger partial charge in [0, 0.05) is 30.0 Å². The number of hydrogen-bond acceptors (Lipinski definition) is 3. The number of nitrogens with zero attached hydrogens (tertiary/aromatic N) is 1. The van der Waals surface area contributed by atoms with Crippen LogP contribution in [-0.2, 0) is 9.59 Å². The molecule has 0 aromatic heterocycles. The summed E-state index contributed by atoms with van der Waals surface area (Å²) in [5.41, 5.74) is 0.821. The van der Waals surface area contributed by atoms with Crippen LogP contribution in [0.1, 0.15) is 13.3 Å². The van der Waals surface area contributed by atoms with Crippen molar-refractivity contribution >= 4 is 45.8 Å². The van der Waals surface area contributed by atoms with Crippen LogP contribution in [0.2, 0.25) is 0 Å². The van der Waals surface area contributed by atoms with Crippen molar-refractivity contribution in [3.05, 3.63) is 28.7 Å². The lowest BCUT2D eigenvalue weighted by Gasteiger charge is -2.18. The fourth-order valence-electron chi connectivity index (χ4n) is 2.29. The van der Waals surface area contributed by atoms with Crippen LogP contribution in [0, 0.1) is 5.92 Å². The van der Waals surface area contributed by atoms with Gasteiger partial charge in [-0.05, 0) is 42.0 Å². The highest BCUT2D eigenvalue weighted by atomic mass is 79.9. The number of benzene rings is 1. The van der Waals surface area contributed by atoms with E-state index in [0.717, 1.165) is 10.2 Å². The van der Waals surface area contributed by atoms with Gasteiger partial charge in [0.15, 0.2) is 0 Å². The lowest BCUT2D eigenvalue weighted by atomic mass is 10.1. The third-order valence-electron chi connectivity index (χ3n) is 3.71. The van der Waals surface area contributed by atoms with Crippen LogP contribution >= 0.6 is 28.3 Å². The van der Waals surface area contributed by atoms with Gasteiger partial charge in [0.1, 0.15) is 0 Å². The third-order valence-corrected chi connectivity index (χ3v) is 4.38. The van der Waals surface area contributed by atoms with Gasteiger partial charge in [-0.1, -0.05) is 12.1 Å². The number of anilines is 1. The third kappa shape index (κ3) is 4.44. The molecule has 2 rings (SSSR count). The first-order valence-electron chi connectivity index (χ1n) is 7.02. The van der Waals surface area contributed by atoms with Crippen molar-refractivity contribution in [2.45, 2.75) is 19.4 Å². The van der Waals surface area contributed by atoms with E-state index in [-0.39, 0.29) is 42.6 Å². The molecule has 2 N–H and O–H groups in total. The Hall–Kier alpha value is -1.11. The van der Waals surface area contributed by atoms with Gasteiger partial charge in [0.2, 0.25) is 11.8 Å².